The van der Waals surface area contributed by atoms with E-state index < -0.39 is 0 Å². The van der Waals surface area contributed by atoms with Crippen LogP contribution >= 0.6 is 31.9 Å². The molecular formula is C21H16Br2N4O. The van der Waals surface area contributed by atoms with Crippen molar-refractivity contribution in [3.8, 4) is 0 Å². The summed E-state index contributed by atoms with van der Waals surface area (Å²) in [6.45, 7) is 0. The lowest BCUT2D eigenvalue weighted by Gasteiger charge is -2.04. The fourth-order valence-corrected chi connectivity index (χ4v) is 2.77. The lowest BCUT2D eigenvalue weighted by atomic mass is 10.2. The summed E-state index contributed by atoms with van der Waals surface area (Å²) in [5.74, 6) is -0.297. The molecule has 1 amide bonds. The van der Waals surface area contributed by atoms with Crippen LogP contribution < -0.4 is 10.9 Å². The van der Waals surface area contributed by atoms with Gasteiger partial charge in [0, 0.05) is 14.5 Å². The molecule has 3 rings (SSSR count). The summed E-state index contributed by atoms with van der Waals surface area (Å²) in [7, 11) is 0. The highest BCUT2D eigenvalue weighted by molar-refractivity contribution is 9.10. The van der Waals surface area contributed by atoms with Crippen molar-refractivity contribution in [2.24, 2.45) is 10.2 Å². The van der Waals surface area contributed by atoms with E-state index in [4.69, 9.17) is 0 Å². The van der Waals surface area contributed by atoms with E-state index in [0.29, 0.717) is 11.3 Å². The van der Waals surface area contributed by atoms with Crippen LogP contribution in [0.1, 0.15) is 21.5 Å². The third-order valence-corrected chi connectivity index (χ3v) is 4.71. The molecule has 0 spiro atoms. The predicted octanol–water partition coefficient (Wildman–Crippen LogP) is 5.42. The number of amides is 1. The summed E-state index contributed by atoms with van der Waals surface area (Å²) in [5, 5.41) is 8.19. The Morgan fingerprint density at radius 1 is 0.786 bits per heavy atom. The Hall–Kier alpha value is -2.77. The average Bonchev–Trinajstić information content (AvgIpc) is 2.71. The van der Waals surface area contributed by atoms with E-state index in [9.17, 15) is 4.79 Å². The van der Waals surface area contributed by atoms with Gasteiger partial charge >= 0.3 is 0 Å². The van der Waals surface area contributed by atoms with Crippen LogP contribution in [0.4, 0.5) is 5.69 Å². The lowest BCUT2D eigenvalue weighted by Crippen LogP contribution is -2.17. The zero-order valence-electron chi connectivity index (χ0n) is 14.6. The van der Waals surface area contributed by atoms with Gasteiger partial charge in [-0.05, 0) is 53.6 Å². The van der Waals surface area contributed by atoms with Gasteiger partial charge in [-0.25, -0.2) is 5.43 Å². The van der Waals surface area contributed by atoms with Gasteiger partial charge in [0.1, 0.15) is 0 Å². The second kappa shape index (κ2) is 9.96. The van der Waals surface area contributed by atoms with Gasteiger partial charge < -0.3 is 0 Å². The highest BCUT2D eigenvalue weighted by Crippen LogP contribution is 2.12. The van der Waals surface area contributed by atoms with E-state index in [2.05, 4.69) is 52.9 Å². The van der Waals surface area contributed by atoms with Gasteiger partial charge in [0.15, 0.2) is 0 Å². The van der Waals surface area contributed by atoms with Gasteiger partial charge in [-0.2, -0.15) is 10.2 Å². The first-order chi connectivity index (χ1) is 13.6. The molecule has 0 aromatic heterocycles. The number of nitrogens with one attached hydrogen (secondary N) is 2. The van der Waals surface area contributed by atoms with Crippen molar-refractivity contribution in [1.29, 1.82) is 0 Å². The molecule has 2 N–H and O–H groups in total. The first kappa shape index (κ1) is 20.0. The standard InChI is InChI=1S/C21H16Br2N4O/c22-18-8-4-15(5-9-18)13-24-26-20-3-1-2-17(12-20)21(28)27-25-14-16-6-10-19(23)11-7-16/h1-14,26H,(H,27,28)/b24-13+,25-14+. The Kier molecular flexibility index (Phi) is 7.11. The zero-order chi connectivity index (χ0) is 19.8. The van der Waals surface area contributed by atoms with Crippen molar-refractivity contribution in [2.45, 2.75) is 0 Å². The molecule has 0 aliphatic heterocycles. The second-order valence-electron chi connectivity index (χ2n) is 5.75. The fraction of sp³-hybridized carbons (Fsp3) is 0. The molecule has 7 heteroatoms. The monoisotopic (exact) mass is 498 g/mol. The third-order valence-electron chi connectivity index (χ3n) is 3.65. The molecule has 0 heterocycles. The molecule has 3 aromatic carbocycles. The highest BCUT2D eigenvalue weighted by atomic mass is 79.9. The SMILES string of the molecule is O=C(N/N=C/c1ccc(Br)cc1)c1cccc(N/N=C/c2ccc(Br)cc2)c1. The molecule has 0 saturated heterocycles. The smallest absolute Gasteiger partial charge is 0.271 e. The lowest BCUT2D eigenvalue weighted by molar-refractivity contribution is 0.0955. The van der Waals surface area contributed by atoms with Crippen LogP contribution in [0.5, 0.6) is 0 Å². The number of halogens is 2. The largest absolute Gasteiger partial charge is 0.278 e. The van der Waals surface area contributed by atoms with Gasteiger partial charge in [-0.3, -0.25) is 10.2 Å². The summed E-state index contributed by atoms with van der Waals surface area (Å²) >= 11 is 6.77. The topological polar surface area (TPSA) is 65.8 Å². The van der Waals surface area contributed by atoms with Crippen molar-refractivity contribution < 1.29 is 4.79 Å². The van der Waals surface area contributed by atoms with E-state index >= 15 is 0 Å². The average molecular weight is 500 g/mol. The summed E-state index contributed by atoms with van der Waals surface area (Å²) in [6, 6.07) is 22.4. The summed E-state index contributed by atoms with van der Waals surface area (Å²) in [6.07, 6.45) is 3.30. The molecule has 0 aliphatic rings. The predicted molar refractivity (Wildman–Crippen MR) is 121 cm³/mol. The molecule has 0 saturated carbocycles. The van der Waals surface area contributed by atoms with Gasteiger partial charge in [-0.15, -0.1) is 0 Å². The van der Waals surface area contributed by atoms with E-state index in [1.54, 1.807) is 30.6 Å². The van der Waals surface area contributed by atoms with E-state index in [1.165, 1.54) is 0 Å². The molecule has 0 bridgehead atoms. The summed E-state index contributed by atoms with van der Waals surface area (Å²) in [4.78, 5) is 12.3. The van der Waals surface area contributed by atoms with Crippen molar-refractivity contribution in [2.75, 3.05) is 5.43 Å². The minimum Gasteiger partial charge on any atom is -0.278 e. The Labute approximate surface area is 179 Å². The zero-order valence-corrected chi connectivity index (χ0v) is 17.8. The molecule has 5 nitrogen and oxygen atoms in total. The quantitative estimate of drug-likeness (QED) is 0.351. The van der Waals surface area contributed by atoms with Crippen LogP contribution in [0, 0.1) is 0 Å². The second-order valence-corrected chi connectivity index (χ2v) is 7.58. The molecule has 0 aliphatic carbocycles. The molecule has 0 unspecified atom stereocenters. The highest BCUT2D eigenvalue weighted by Gasteiger charge is 2.04. The molecule has 3 aromatic rings. The first-order valence-corrected chi connectivity index (χ1v) is 9.92. The number of rotatable bonds is 6. The van der Waals surface area contributed by atoms with Gasteiger partial charge in [0.05, 0.1) is 18.1 Å². The number of hydrazone groups is 2. The molecule has 140 valence electrons. The maximum Gasteiger partial charge on any atom is 0.271 e. The third kappa shape index (κ3) is 6.14. The van der Waals surface area contributed by atoms with E-state index in [0.717, 1.165) is 20.1 Å². The Balaban J connectivity index is 1.58. The Morgan fingerprint density at radius 2 is 1.36 bits per heavy atom. The Bertz CT molecular complexity index is 1000. The first-order valence-electron chi connectivity index (χ1n) is 8.34. The van der Waals surface area contributed by atoms with Crippen LogP contribution in [0.25, 0.3) is 0 Å². The molecule has 0 atom stereocenters. The van der Waals surface area contributed by atoms with Crippen molar-refractivity contribution in [1.82, 2.24) is 5.43 Å². The maximum absolute atomic E-state index is 12.3. The van der Waals surface area contributed by atoms with E-state index in [1.807, 2.05) is 54.6 Å². The normalized spacial score (nSPS) is 11.1. The maximum atomic E-state index is 12.3. The van der Waals surface area contributed by atoms with Crippen LogP contribution in [0.3, 0.4) is 0 Å². The number of carbonyl (C=O) groups is 1. The van der Waals surface area contributed by atoms with Gasteiger partial charge in [0.2, 0.25) is 0 Å². The van der Waals surface area contributed by atoms with Crippen LogP contribution in [-0.2, 0) is 0 Å². The fourth-order valence-electron chi connectivity index (χ4n) is 2.24. The van der Waals surface area contributed by atoms with Crippen LogP contribution in [0.2, 0.25) is 0 Å². The van der Waals surface area contributed by atoms with Gasteiger partial charge in [0.25, 0.3) is 5.91 Å². The Morgan fingerprint density at radius 3 is 1.96 bits per heavy atom. The number of benzene rings is 3. The number of nitrogens with zero attached hydrogens (tertiary/aromatic N) is 2. The number of anilines is 1. The number of hydrogen-bond donors (Lipinski definition) is 2. The van der Waals surface area contributed by atoms with Crippen molar-refractivity contribution >= 4 is 55.9 Å². The molecule has 28 heavy (non-hydrogen) atoms. The van der Waals surface area contributed by atoms with Crippen molar-refractivity contribution in [3.05, 3.63) is 98.4 Å². The molecular weight excluding hydrogens is 484 g/mol. The summed E-state index contributed by atoms with van der Waals surface area (Å²) in [5.41, 5.74) is 8.49. The van der Waals surface area contributed by atoms with Crippen molar-refractivity contribution in [3.63, 3.8) is 0 Å². The summed E-state index contributed by atoms with van der Waals surface area (Å²) < 4.78 is 2.00. The van der Waals surface area contributed by atoms with Crippen LogP contribution in [-0.4, -0.2) is 18.3 Å². The van der Waals surface area contributed by atoms with Crippen LogP contribution in [0.15, 0.2) is 91.9 Å². The van der Waals surface area contributed by atoms with E-state index in [-0.39, 0.29) is 5.91 Å². The number of hydrogen-bond acceptors (Lipinski definition) is 4. The number of carbonyl (C=O) groups excluding carboxylic acids is 1. The minimum atomic E-state index is -0.297. The van der Waals surface area contributed by atoms with Gasteiger partial charge in [-0.1, -0.05) is 62.2 Å². The molecule has 0 radical (unpaired) electrons. The molecule has 0 fully saturated rings. The minimum absolute atomic E-state index is 0.297.